The van der Waals surface area contributed by atoms with Gasteiger partial charge in [0.05, 0.1) is 0 Å². The van der Waals surface area contributed by atoms with Crippen LogP contribution in [0.4, 0.5) is 0 Å². The van der Waals surface area contributed by atoms with E-state index in [1.54, 1.807) is 0 Å². The molecule has 29 heavy (non-hydrogen) atoms. The first kappa shape index (κ1) is 23.4. The van der Waals surface area contributed by atoms with Crippen LogP contribution in [0.2, 0.25) is 0 Å². The monoisotopic (exact) mass is 393 g/mol. The Kier molecular flexibility index (Phi) is 8.68. The first-order valence-corrected chi connectivity index (χ1v) is 10.9. The fourth-order valence-corrected chi connectivity index (χ4v) is 3.25. The number of rotatable bonds is 10. The van der Waals surface area contributed by atoms with E-state index in [0.29, 0.717) is 10.8 Å². The fraction of sp³-hybridized carbons (Fsp3) is 0.538. The van der Waals surface area contributed by atoms with Crippen LogP contribution >= 0.6 is 0 Å². The average molecular weight is 393 g/mol. The minimum atomic E-state index is 0.403. The van der Waals surface area contributed by atoms with Crippen molar-refractivity contribution in [1.29, 1.82) is 0 Å². The molecule has 0 saturated heterocycles. The molecule has 0 spiro atoms. The van der Waals surface area contributed by atoms with Gasteiger partial charge in [0.25, 0.3) is 0 Å². The highest BCUT2D eigenvalue weighted by Crippen LogP contribution is 2.24. The second-order valence-electron chi connectivity index (χ2n) is 10.4. The smallest absolute Gasteiger partial charge is 0.526 e. The van der Waals surface area contributed by atoms with E-state index >= 15 is 0 Å². The molecule has 0 amide bonds. The summed E-state index contributed by atoms with van der Waals surface area (Å²) in [6.45, 7) is 13.8. The van der Waals surface area contributed by atoms with Gasteiger partial charge in [-0.3, -0.25) is 0 Å². The van der Waals surface area contributed by atoms with Gasteiger partial charge < -0.3 is 9.31 Å². The van der Waals surface area contributed by atoms with E-state index in [1.807, 2.05) is 24.3 Å². The quantitative estimate of drug-likeness (QED) is 0.391. The van der Waals surface area contributed by atoms with Crippen molar-refractivity contribution in [2.75, 3.05) is 0 Å². The zero-order valence-electron chi connectivity index (χ0n) is 19.3. The molecule has 0 aliphatic heterocycles. The Morgan fingerprint density at radius 3 is 1.24 bits per heavy atom. The van der Waals surface area contributed by atoms with Gasteiger partial charge in [-0.05, 0) is 84.7 Å². The Bertz CT molecular complexity index is 643. The topological polar surface area (TPSA) is 18.5 Å². The highest BCUT2D eigenvalue weighted by Gasteiger charge is 2.10. The van der Waals surface area contributed by atoms with Gasteiger partial charge in [-0.1, -0.05) is 65.8 Å². The number of hydrogen-bond acceptors (Lipinski definition) is 2. The van der Waals surface area contributed by atoms with Crippen molar-refractivity contribution in [1.82, 2.24) is 0 Å². The Morgan fingerprint density at radius 2 is 0.931 bits per heavy atom. The fourth-order valence-electron chi connectivity index (χ4n) is 3.25. The Balaban J connectivity index is 1.68. The largest absolute Gasteiger partial charge is 0.658 e. The van der Waals surface area contributed by atoms with Gasteiger partial charge in [-0.15, -0.1) is 0 Å². The van der Waals surface area contributed by atoms with Crippen LogP contribution in [0.25, 0.3) is 0 Å². The van der Waals surface area contributed by atoms with E-state index in [-0.39, 0.29) is 0 Å². The summed E-state index contributed by atoms with van der Waals surface area (Å²) in [5.41, 5.74) is 3.51. The lowest BCUT2D eigenvalue weighted by atomic mass is 9.89. The molecule has 0 bridgehead atoms. The summed E-state index contributed by atoms with van der Waals surface area (Å²) in [7, 11) is 1.41. The molecule has 0 aromatic heterocycles. The van der Waals surface area contributed by atoms with Crippen molar-refractivity contribution in [3.8, 4) is 11.5 Å². The third kappa shape index (κ3) is 10.4. The molecule has 157 valence electrons. The van der Waals surface area contributed by atoms with Crippen LogP contribution in [0, 0.1) is 10.8 Å². The molecule has 2 rings (SSSR count). The number of aryl methyl sites for hydroxylation is 2. The van der Waals surface area contributed by atoms with Crippen molar-refractivity contribution < 1.29 is 9.31 Å². The standard InChI is InChI=1S/C26H38BO2/c1-25(2,3)19-7-9-21-11-15-23(16-12-21)28-27-29-24-17-13-22(14-18-24)10-8-20-26(4,5)6/h11-18H,7-10,19-20H2,1-6H3. The summed E-state index contributed by atoms with van der Waals surface area (Å²) in [5, 5.41) is 0. The van der Waals surface area contributed by atoms with E-state index in [1.165, 1.54) is 44.5 Å². The van der Waals surface area contributed by atoms with E-state index in [0.717, 1.165) is 24.3 Å². The second-order valence-corrected chi connectivity index (χ2v) is 10.4. The van der Waals surface area contributed by atoms with Gasteiger partial charge in [-0.25, -0.2) is 0 Å². The molecule has 0 atom stereocenters. The zero-order valence-corrected chi connectivity index (χ0v) is 19.3. The summed E-state index contributed by atoms with van der Waals surface area (Å²) in [4.78, 5) is 0. The summed E-state index contributed by atoms with van der Waals surface area (Å²) < 4.78 is 11.2. The van der Waals surface area contributed by atoms with Crippen molar-refractivity contribution in [2.45, 2.75) is 80.1 Å². The molecular formula is C26H38BO2. The molecule has 2 aromatic carbocycles. The summed E-state index contributed by atoms with van der Waals surface area (Å²) in [6, 6.07) is 16.6. The Hall–Kier alpha value is -1.90. The van der Waals surface area contributed by atoms with Gasteiger partial charge in [0.2, 0.25) is 0 Å². The molecule has 1 radical (unpaired) electrons. The summed E-state index contributed by atoms with van der Waals surface area (Å²) in [6.07, 6.45) is 7.13. The third-order valence-electron chi connectivity index (χ3n) is 5.00. The second kappa shape index (κ2) is 10.8. The van der Waals surface area contributed by atoms with Crippen LogP contribution in [0.1, 0.15) is 78.4 Å². The third-order valence-corrected chi connectivity index (χ3v) is 5.00. The molecule has 3 heteroatoms. The van der Waals surface area contributed by atoms with Crippen LogP contribution in [-0.2, 0) is 12.8 Å². The van der Waals surface area contributed by atoms with Crippen molar-refractivity contribution in [3.05, 3.63) is 59.7 Å². The maximum Gasteiger partial charge on any atom is 0.658 e. The molecule has 0 N–H and O–H groups in total. The normalized spacial score (nSPS) is 11.9. The van der Waals surface area contributed by atoms with Gasteiger partial charge in [0.1, 0.15) is 11.5 Å². The van der Waals surface area contributed by atoms with Crippen LogP contribution in [-0.4, -0.2) is 7.69 Å². The summed E-state index contributed by atoms with van der Waals surface area (Å²) in [5.74, 6) is 1.59. The van der Waals surface area contributed by atoms with E-state index in [4.69, 9.17) is 9.31 Å². The first-order valence-electron chi connectivity index (χ1n) is 10.9. The molecule has 0 unspecified atom stereocenters. The minimum absolute atomic E-state index is 0.403. The zero-order chi connectivity index (χ0) is 21.3. The van der Waals surface area contributed by atoms with Crippen LogP contribution in [0.5, 0.6) is 11.5 Å². The van der Waals surface area contributed by atoms with Crippen LogP contribution < -0.4 is 9.31 Å². The van der Waals surface area contributed by atoms with Gasteiger partial charge >= 0.3 is 7.69 Å². The first-order chi connectivity index (χ1) is 13.6. The lowest BCUT2D eigenvalue weighted by Gasteiger charge is -2.17. The highest BCUT2D eigenvalue weighted by molar-refractivity contribution is 6.20. The molecule has 0 saturated carbocycles. The Labute approximate surface area is 179 Å². The predicted octanol–water partition coefficient (Wildman–Crippen LogP) is 7.42. The average Bonchev–Trinajstić information content (AvgIpc) is 2.62. The van der Waals surface area contributed by atoms with Gasteiger partial charge in [-0.2, -0.15) is 0 Å². The van der Waals surface area contributed by atoms with Crippen LogP contribution in [0.15, 0.2) is 48.5 Å². The molecule has 2 nitrogen and oxygen atoms in total. The van der Waals surface area contributed by atoms with Crippen LogP contribution in [0.3, 0.4) is 0 Å². The molecule has 0 fully saturated rings. The van der Waals surface area contributed by atoms with E-state index in [9.17, 15) is 0 Å². The molecule has 0 heterocycles. The predicted molar refractivity (Wildman–Crippen MR) is 125 cm³/mol. The minimum Gasteiger partial charge on any atom is -0.526 e. The van der Waals surface area contributed by atoms with Gasteiger partial charge in [0.15, 0.2) is 0 Å². The number of benzene rings is 2. The van der Waals surface area contributed by atoms with Crippen molar-refractivity contribution in [2.24, 2.45) is 10.8 Å². The molecular weight excluding hydrogens is 355 g/mol. The SMILES string of the molecule is CC(C)(C)CCCc1ccc(O[B]Oc2ccc(CCCC(C)(C)C)cc2)cc1. The Morgan fingerprint density at radius 1 is 0.586 bits per heavy atom. The highest BCUT2D eigenvalue weighted by atomic mass is 16.6. The van der Waals surface area contributed by atoms with E-state index in [2.05, 4.69) is 65.8 Å². The maximum atomic E-state index is 5.61. The van der Waals surface area contributed by atoms with Gasteiger partial charge in [0, 0.05) is 0 Å². The number of hydrogen-bond donors (Lipinski definition) is 0. The lowest BCUT2D eigenvalue weighted by molar-refractivity contribution is 0.365. The maximum absolute atomic E-state index is 5.61. The molecule has 2 aromatic rings. The lowest BCUT2D eigenvalue weighted by Crippen LogP contribution is -2.11. The van der Waals surface area contributed by atoms with Crippen molar-refractivity contribution in [3.63, 3.8) is 0 Å². The summed E-state index contributed by atoms with van der Waals surface area (Å²) >= 11 is 0. The van der Waals surface area contributed by atoms with E-state index < -0.39 is 0 Å². The molecule has 0 aliphatic carbocycles. The van der Waals surface area contributed by atoms with Crippen molar-refractivity contribution >= 4 is 7.69 Å². The molecule has 0 aliphatic rings.